The van der Waals surface area contributed by atoms with Crippen molar-refractivity contribution in [1.29, 1.82) is 0 Å². The van der Waals surface area contributed by atoms with E-state index in [-0.39, 0.29) is 5.91 Å². The van der Waals surface area contributed by atoms with E-state index in [1.54, 1.807) is 66.9 Å². The lowest BCUT2D eigenvalue weighted by Crippen LogP contribution is -2.17. The van der Waals surface area contributed by atoms with Gasteiger partial charge in [-0.05, 0) is 42.0 Å². The molecule has 0 bridgehead atoms. The van der Waals surface area contributed by atoms with Crippen LogP contribution < -0.4 is 10.2 Å². The molecule has 1 heterocycles. The molecule has 2 aromatic carbocycles. The minimum atomic E-state index is -0.440. The molecule has 6 nitrogen and oxygen atoms in total. The second-order valence-electron chi connectivity index (χ2n) is 5.27. The van der Waals surface area contributed by atoms with Crippen molar-refractivity contribution < 1.29 is 14.3 Å². The average molecular weight is 345 g/mol. The average Bonchev–Trinajstić information content (AvgIpc) is 2.69. The molecule has 1 N–H and O–H groups in total. The molecule has 0 radical (unpaired) electrons. The number of carbonyl (C=O) groups is 2. The lowest BCUT2D eigenvalue weighted by molar-refractivity contribution is 0.0734. The minimum Gasteiger partial charge on any atom is -0.423 e. The van der Waals surface area contributed by atoms with Gasteiger partial charge in [0, 0.05) is 12.4 Å². The highest BCUT2D eigenvalue weighted by Crippen LogP contribution is 2.14. The standard InChI is InChI=1S/C20H15N3O3/c24-19(17-9-5-11-21-14-17)23-22-13-15-6-4-10-18(12-15)26-20(25)16-7-2-1-3-8-16/h1-14H,(H,23,24)/b22-13-. The Bertz CT molecular complexity index is 925. The van der Waals surface area contributed by atoms with Gasteiger partial charge in [-0.3, -0.25) is 9.78 Å². The number of amides is 1. The fraction of sp³-hybridized carbons (Fsp3) is 0. The first-order valence-corrected chi connectivity index (χ1v) is 7.83. The zero-order valence-electron chi connectivity index (χ0n) is 13.7. The van der Waals surface area contributed by atoms with Crippen molar-refractivity contribution in [2.75, 3.05) is 0 Å². The van der Waals surface area contributed by atoms with Crippen molar-refractivity contribution in [3.05, 3.63) is 95.8 Å². The van der Waals surface area contributed by atoms with Gasteiger partial charge < -0.3 is 4.74 Å². The Morgan fingerprint density at radius 1 is 0.962 bits per heavy atom. The second kappa shape index (κ2) is 8.34. The van der Waals surface area contributed by atoms with Crippen molar-refractivity contribution >= 4 is 18.1 Å². The molecule has 0 aliphatic rings. The van der Waals surface area contributed by atoms with Crippen LogP contribution in [0.2, 0.25) is 0 Å². The molecule has 3 aromatic rings. The Kier molecular flexibility index (Phi) is 5.47. The zero-order valence-corrected chi connectivity index (χ0v) is 13.7. The first-order chi connectivity index (χ1) is 12.7. The summed E-state index contributed by atoms with van der Waals surface area (Å²) in [5.41, 5.74) is 3.97. The summed E-state index contributed by atoms with van der Waals surface area (Å²) in [4.78, 5) is 27.8. The number of carbonyl (C=O) groups excluding carboxylic acids is 2. The van der Waals surface area contributed by atoms with Crippen LogP contribution in [0.1, 0.15) is 26.3 Å². The van der Waals surface area contributed by atoms with Crippen molar-refractivity contribution in [2.24, 2.45) is 5.10 Å². The van der Waals surface area contributed by atoms with Gasteiger partial charge in [0.05, 0.1) is 17.3 Å². The van der Waals surface area contributed by atoms with Gasteiger partial charge in [0.25, 0.3) is 5.91 Å². The number of esters is 1. The van der Waals surface area contributed by atoms with E-state index >= 15 is 0 Å². The van der Waals surface area contributed by atoms with Crippen LogP contribution in [0.5, 0.6) is 5.75 Å². The number of nitrogens with zero attached hydrogens (tertiary/aromatic N) is 2. The quantitative estimate of drug-likeness (QED) is 0.333. The van der Waals surface area contributed by atoms with Gasteiger partial charge >= 0.3 is 5.97 Å². The Hall–Kier alpha value is -3.80. The third kappa shape index (κ3) is 4.61. The van der Waals surface area contributed by atoms with Gasteiger partial charge in [-0.1, -0.05) is 30.3 Å². The summed E-state index contributed by atoms with van der Waals surface area (Å²) in [5.74, 6) is -0.410. The van der Waals surface area contributed by atoms with Gasteiger partial charge in [0.15, 0.2) is 0 Å². The Balaban J connectivity index is 1.62. The van der Waals surface area contributed by atoms with Crippen LogP contribution >= 0.6 is 0 Å². The maximum atomic E-state index is 12.1. The summed E-state index contributed by atoms with van der Waals surface area (Å²) in [6.07, 6.45) is 4.50. The number of hydrogen-bond acceptors (Lipinski definition) is 5. The van der Waals surface area contributed by atoms with Gasteiger partial charge in [-0.25, -0.2) is 10.2 Å². The molecule has 0 aliphatic heterocycles. The number of nitrogens with one attached hydrogen (secondary N) is 1. The molecule has 0 fully saturated rings. The Morgan fingerprint density at radius 2 is 1.77 bits per heavy atom. The number of ether oxygens (including phenoxy) is 1. The van der Waals surface area contributed by atoms with E-state index < -0.39 is 5.97 Å². The van der Waals surface area contributed by atoms with Crippen LogP contribution in [0.25, 0.3) is 0 Å². The van der Waals surface area contributed by atoms with E-state index in [1.165, 1.54) is 12.4 Å². The highest BCUT2D eigenvalue weighted by Gasteiger charge is 2.08. The van der Waals surface area contributed by atoms with Crippen LogP contribution in [-0.4, -0.2) is 23.1 Å². The zero-order chi connectivity index (χ0) is 18.2. The monoisotopic (exact) mass is 345 g/mol. The summed E-state index contributed by atoms with van der Waals surface area (Å²) in [6.45, 7) is 0. The largest absolute Gasteiger partial charge is 0.423 e. The lowest BCUT2D eigenvalue weighted by Gasteiger charge is -2.05. The highest BCUT2D eigenvalue weighted by molar-refractivity contribution is 5.94. The van der Waals surface area contributed by atoms with Crippen molar-refractivity contribution in [2.45, 2.75) is 0 Å². The normalized spacial score (nSPS) is 10.5. The second-order valence-corrected chi connectivity index (χ2v) is 5.27. The van der Waals surface area contributed by atoms with Crippen molar-refractivity contribution in [1.82, 2.24) is 10.4 Å². The number of rotatable bonds is 5. The number of hydrazone groups is 1. The van der Waals surface area contributed by atoms with Crippen LogP contribution in [-0.2, 0) is 0 Å². The van der Waals surface area contributed by atoms with E-state index in [9.17, 15) is 9.59 Å². The molecule has 0 spiro atoms. The molecule has 26 heavy (non-hydrogen) atoms. The molecule has 0 saturated heterocycles. The highest BCUT2D eigenvalue weighted by atomic mass is 16.5. The first kappa shape index (κ1) is 17.0. The van der Waals surface area contributed by atoms with Crippen LogP contribution in [0.4, 0.5) is 0 Å². The molecule has 0 atom stereocenters. The summed E-state index contributed by atoms with van der Waals surface area (Å²) < 4.78 is 5.34. The van der Waals surface area contributed by atoms with E-state index in [1.807, 2.05) is 6.07 Å². The van der Waals surface area contributed by atoms with Crippen molar-refractivity contribution in [3.8, 4) is 5.75 Å². The minimum absolute atomic E-state index is 0.360. The first-order valence-electron chi connectivity index (χ1n) is 7.83. The third-order valence-corrected chi connectivity index (χ3v) is 3.38. The molecular formula is C20H15N3O3. The van der Waals surface area contributed by atoms with E-state index in [4.69, 9.17) is 4.74 Å². The Labute approximate surface area is 150 Å². The summed E-state index contributed by atoms with van der Waals surface area (Å²) in [7, 11) is 0. The fourth-order valence-corrected chi connectivity index (χ4v) is 2.13. The van der Waals surface area contributed by atoms with Gasteiger partial charge in [-0.15, -0.1) is 0 Å². The molecule has 0 saturated carbocycles. The molecule has 0 aliphatic carbocycles. The summed E-state index contributed by atoms with van der Waals surface area (Å²) in [5, 5.41) is 3.90. The predicted molar refractivity (Wildman–Crippen MR) is 97.1 cm³/mol. The topological polar surface area (TPSA) is 80.6 Å². The Morgan fingerprint density at radius 3 is 2.54 bits per heavy atom. The summed E-state index contributed by atoms with van der Waals surface area (Å²) >= 11 is 0. The summed E-state index contributed by atoms with van der Waals surface area (Å²) in [6, 6.07) is 18.9. The van der Waals surface area contributed by atoms with Gasteiger partial charge in [0.1, 0.15) is 5.75 Å². The SMILES string of the molecule is O=C(N/N=C\c1cccc(OC(=O)c2ccccc2)c1)c1cccnc1. The van der Waals surface area contributed by atoms with Crippen LogP contribution in [0, 0.1) is 0 Å². The molecule has 0 unspecified atom stereocenters. The molecule has 128 valence electrons. The predicted octanol–water partition coefficient (Wildman–Crippen LogP) is 3.06. The number of aromatic nitrogens is 1. The van der Waals surface area contributed by atoms with Crippen LogP contribution in [0.3, 0.4) is 0 Å². The number of hydrogen-bond donors (Lipinski definition) is 1. The maximum Gasteiger partial charge on any atom is 0.343 e. The fourth-order valence-electron chi connectivity index (χ4n) is 2.13. The molecule has 1 amide bonds. The van der Waals surface area contributed by atoms with Gasteiger partial charge in [0.2, 0.25) is 0 Å². The third-order valence-electron chi connectivity index (χ3n) is 3.38. The smallest absolute Gasteiger partial charge is 0.343 e. The van der Waals surface area contributed by atoms with E-state index in [0.717, 1.165) is 0 Å². The molecule has 1 aromatic heterocycles. The van der Waals surface area contributed by atoms with Gasteiger partial charge in [-0.2, -0.15) is 5.10 Å². The van der Waals surface area contributed by atoms with E-state index in [2.05, 4.69) is 15.5 Å². The maximum absolute atomic E-state index is 12.1. The number of benzene rings is 2. The molecule has 6 heteroatoms. The lowest BCUT2D eigenvalue weighted by atomic mass is 10.2. The number of pyridine rings is 1. The molecular weight excluding hydrogens is 330 g/mol. The molecule has 3 rings (SSSR count). The van der Waals surface area contributed by atoms with Crippen LogP contribution in [0.15, 0.2) is 84.2 Å². The van der Waals surface area contributed by atoms with Crippen molar-refractivity contribution in [3.63, 3.8) is 0 Å². The van der Waals surface area contributed by atoms with E-state index in [0.29, 0.717) is 22.4 Å².